The van der Waals surface area contributed by atoms with Gasteiger partial charge in [-0.05, 0) is 17.9 Å². The van der Waals surface area contributed by atoms with Crippen LogP contribution in [0.3, 0.4) is 0 Å². The molecule has 7 nitrogen and oxygen atoms in total. The Bertz CT molecular complexity index is 848. The molecule has 0 spiro atoms. The summed E-state index contributed by atoms with van der Waals surface area (Å²) in [6.07, 6.45) is 2.97. The highest BCUT2D eigenvalue weighted by Gasteiger charge is 2.12. The summed E-state index contributed by atoms with van der Waals surface area (Å²) in [6.45, 7) is 2.17. The molecule has 1 unspecified atom stereocenters. The number of benzene rings is 1. The van der Waals surface area contributed by atoms with Crippen LogP contribution >= 0.6 is 22.7 Å². The average molecular weight is 389 g/mol. The van der Waals surface area contributed by atoms with E-state index >= 15 is 0 Å². The van der Waals surface area contributed by atoms with Crippen LogP contribution in [-0.4, -0.2) is 26.3 Å². The Kier molecular flexibility index (Phi) is 6.24. The minimum atomic E-state index is -0.0823. The van der Waals surface area contributed by atoms with Gasteiger partial charge in [-0.3, -0.25) is 4.79 Å². The molecule has 3 N–H and O–H groups in total. The first-order chi connectivity index (χ1) is 12.6. The highest BCUT2D eigenvalue weighted by molar-refractivity contribution is 7.15. The lowest BCUT2D eigenvalue weighted by Gasteiger charge is -2.06. The van der Waals surface area contributed by atoms with E-state index in [0.29, 0.717) is 22.6 Å². The molecular formula is C17H20N6OS2. The first kappa shape index (κ1) is 18.4. The van der Waals surface area contributed by atoms with Crippen molar-refractivity contribution >= 4 is 38.8 Å². The van der Waals surface area contributed by atoms with Gasteiger partial charge in [0.25, 0.3) is 0 Å². The molecule has 2 aromatic heterocycles. The number of carbonyl (C=O) groups excluding carboxylic acids is 1. The van der Waals surface area contributed by atoms with E-state index in [4.69, 9.17) is 5.73 Å². The number of amides is 1. The van der Waals surface area contributed by atoms with Crippen molar-refractivity contribution in [2.45, 2.75) is 32.6 Å². The van der Waals surface area contributed by atoms with E-state index in [2.05, 4.69) is 32.6 Å². The van der Waals surface area contributed by atoms with Gasteiger partial charge in [0.05, 0.1) is 6.42 Å². The van der Waals surface area contributed by atoms with Crippen LogP contribution in [0, 0.1) is 5.92 Å². The molecule has 0 fully saturated rings. The first-order valence-corrected chi connectivity index (χ1v) is 9.96. The summed E-state index contributed by atoms with van der Waals surface area (Å²) in [6, 6.07) is 9.63. The fraction of sp³-hybridized carbons (Fsp3) is 0.353. The maximum atomic E-state index is 12.1. The molecule has 26 heavy (non-hydrogen) atoms. The van der Waals surface area contributed by atoms with Crippen molar-refractivity contribution in [3.63, 3.8) is 0 Å². The number of rotatable bonds is 8. The molecule has 1 amide bonds. The van der Waals surface area contributed by atoms with Crippen LogP contribution in [-0.2, 0) is 24.1 Å². The summed E-state index contributed by atoms with van der Waals surface area (Å²) in [5.74, 6) is 0.364. The van der Waals surface area contributed by atoms with E-state index in [1.54, 1.807) is 0 Å². The zero-order valence-corrected chi connectivity index (χ0v) is 16.0. The van der Waals surface area contributed by atoms with Gasteiger partial charge in [-0.2, -0.15) is 0 Å². The molecule has 0 saturated heterocycles. The largest absolute Gasteiger partial charge is 0.374 e. The molecule has 0 radical (unpaired) electrons. The fourth-order valence-electron chi connectivity index (χ4n) is 2.47. The zero-order valence-electron chi connectivity index (χ0n) is 14.4. The fourth-order valence-corrected chi connectivity index (χ4v) is 4.01. The van der Waals surface area contributed by atoms with Crippen LogP contribution in [0.4, 0.5) is 10.3 Å². The van der Waals surface area contributed by atoms with Crippen molar-refractivity contribution < 1.29 is 4.79 Å². The monoisotopic (exact) mass is 388 g/mol. The lowest BCUT2D eigenvalue weighted by molar-refractivity contribution is -0.115. The summed E-state index contributed by atoms with van der Waals surface area (Å²) in [5.41, 5.74) is 6.58. The minimum Gasteiger partial charge on any atom is -0.374 e. The summed E-state index contributed by atoms with van der Waals surface area (Å²) in [7, 11) is 0. The van der Waals surface area contributed by atoms with Crippen LogP contribution in [0.15, 0.2) is 30.3 Å². The number of nitrogens with zero attached hydrogens (tertiary/aromatic N) is 4. The summed E-state index contributed by atoms with van der Waals surface area (Å²) >= 11 is 2.86. The van der Waals surface area contributed by atoms with Gasteiger partial charge in [0.15, 0.2) is 0 Å². The van der Waals surface area contributed by atoms with E-state index in [1.807, 2.05) is 30.3 Å². The van der Waals surface area contributed by atoms with Crippen LogP contribution in [0.5, 0.6) is 0 Å². The predicted octanol–water partition coefficient (Wildman–Crippen LogP) is 2.96. The Morgan fingerprint density at radius 3 is 2.62 bits per heavy atom. The summed E-state index contributed by atoms with van der Waals surface area (Å²) in [5, 5.41) is 21.9. The molecule has 9 heteroatoms. The second kappa shape index (κ2) is 8.81. The molecule has 3 rings (SSSR count). The zero-order chi connectivity index (χ0) is 18.4. The number of carbonyl (C=O) groups is 1. The molecule has 0 aliphatic heterocycles. The van der Waals surface area contributed by atoms with Gasteiger partial charge < -0.3 is 11.1 Å². The van der Waals surface area contributed by atoms with Crippen molar-refractivity contribution in [1.82, 2.24) is 20.4 Å². The molecular weight excluding hydrogens is 368 g/mol. The van der Waals surface area contributed by atoms with Crippen molar-refractivity contribution in [1.29, 1.82) is 0 Å². The third-order valence-electron chi connectivity index (χ3n) is 3.78. The third kappa shape index (κ3) is 5.57. The topological polar surface area (TPSA) is 107 Å². The molecule has 0 aliphatic carbocycles. The highest BCUT2D eigenvalue weighted by Crippen LogP contribution is 2.21. The molecule has 1 atom stereocenters. The Morgan fingerprint density at radius 1 is 1.12 bits per heavy atom. The minimum absolute atomic E-state index is 0.0823. The van der Waals surface area contributed by atoms with Gasteiger partial charge in [-0.1, -0.05) is 59.9 Å². The smallest absolute Gasteiger partial charge is 0.230 e. The number of nitrogen functional groups attached to an aromatic ring is 1. The predicted molar refractivity (Wildman–Crippen MR) is 104 cm³/mol. The van der Waals surface area contributed by atoms with Gasteiger partial charge in [0, 0.05) is 12.8 Å². The van der Waals surface area contributed by atoms with Gasteiger partial charge in [0.1, 0.15) is 10.0 Å². The van der Waals surface area contributed by atoms with Crippen LogP contribution in [0.25, 0.3) is 0 Å². The second-order valence-corrected chi connectivity index (χ2v) is 8.25. The normalized spacial score (nSPS) is 12.0. The number of aryl methyl sites for hydroxylation is 1. The molecule has 0 bridgehead atoms. The summed E-state index contributed by atoms with van der Waals surface area (Å²) in [4.78, 5) is 12.1. The van der Waals surface area contributed by atoms with E-state index < -0.39 is 0 Å². The molecule has 0 saturated carbocycles. The van der Waals surface area contributed by atoms with Crippen LogP contribution < -0.4 is 11.1 Å². The van der Waals surface area contributed by atoms with Gasteiger partial charge in [-0.15, -0.1) is 20.4 Å². The quantitative estimate of drug-likeness (QED) is 0.614. The van der Waals surface area contributed by atoms with E-state index in [1.165, 1.54) is 22.7 Å². The maximum absolute atomic E-state index is 12.1. The van der Waals surface area contributed by atoms with Gasteiger partial charge in [-0.25, -0.2) is 0 Å². The molecule has 2 heterocycles. The number of hydrogen-bond acceptors (Lipinski definition) is 8. The number of nitrogens with one attached hydrogen (secondary N) is 1. The average Bonchev–Trinajstić information content (AvgIpc) is 3.22. The molecule has 136 valence electrons. The number of nitrogens with two attached hydrogens (primary N) is 1. The Morgan fingerprint density at radius 2 is 1.88 bits per heavy atom. The van der Waals surface area contributed by atoms with Crippen molar-refractivity contribution in [2.24, 2.45) is 5.92 Å². The number of aromatic nitrogens is 4. The van der Waals surface area contributed by atoms with Crippen LogP contribution in [0.2, 0.25) is 0 Å². The Labute approximate surface area is 159 Å². The van der Waals surface area contributed by atoms with Crippen molar-refractivity contribution in [3.05, 3.63) is 45.9 Å². The number of hydrogen-bond donors (Lipinski definition) is 2. The maximum Gasteiger partial charge on any atom is 0.230 e. The first-order valence-electron chi connectivity index (χ1n) is 8.32. The Hall–Kier alpha value is -2.39. The summed E-state index contributed by atoms with van der Waals surface area (Å²) < 4.78 is 0. The van der Waals surface area contributed by atoms with Crippen molar-refractivity contribution in [2.75, 3.05) is 11.1 Å². The van der Waals surface area contributed by atoms with E-state index in [0.717, 1.165) is 34.8 Å². The van der Waals surface area contributed by atoms with Crippen molar-refractivity contribution in [3.8, 4) is 0 Å². The standard InChI is InChI=1S/C17H20N6OS2/c1-11(9-15-21-22-16(18)25-15)7-8-14-20-23-17(26-14)19-13(24)10-12-5-3-2-4-6-12/h2-6,11H,7-10H2,1H3,(H2,18,22)(H,19,23,24). The second-order valence-electron chi connectivity index (χ2n) is 6.09. The molecule has 1 aromatic carbocycles. The molecule has 3 aromatic rings. The lowest BCUT2D eigenvalue weighted by atomic mass is 10.0. The van der Waals surface area contributed by atoms with E-state index in [-0.39, 0.29) is 5.91 Å². The number of anilines is 2. The van der Waals surface area contributed by atoms with Gasteiger partial charge in [0.2, 0.25) is 16.2 Å². The third-order valence-corrected chi connectivity index (χ3v) is 5.45. The van der Waals surface area contributed by atoms with Crippen LogP contribution in [0.1, 0.15) is 28.9 Å². The Balaban J connectivity index is 1.44. The SMILES string of the molecule is CC(CCc1nnc(NC(=O)Cc2ccccc2)s1)Cc1nnc(N)s1. The lowest BCUT2D eigenvalue weighted by Crippen LogP contribution is -2.14. The van der Waals surface area contributed by atoms with Gasteiger partial charge >= 0.3 is 0 Å². The highest BCUT2D eigenvalue weighted by atomic mass is 32.1. The van der Waals surface area contributed by atoms with E-state index in [9.17, 15) is 4.79 Å². The molecule has 0 aliphatic rings.